The summed E-state index contributed by atoms with van der Waals surface area (Å²) >= 11 is 0. The lowest BCUT2D eigenvalue weighted by molar-refractivity contribution is -0.159. The van der Waals surface area contributed by atoms with Crippen molar-refractivity contribution in [2.45, 2.75) is 25.9 Å². The van der Waals surface area contributed by atoms with Crippen LogP contribution in [0.5, 0.6) is 5.75 Å². The third kappa shape index (κ3) is 3.48. The van der Waals surface area contributed by atoms with Gasteiger partial charge in [0.05, 0.1) is 0 Å². The fraction of sp³-hybridized carbons (Fsp3) is 0.333. The van der Waals surface area contributed by atoms with E-state index in [9.17, 15) is 9.59 Å². The Balaban J connectivity index is 2.80. The van der Waals surface area contributed by atoms with Crippen LogP contribution in [0.25, 0.3) is 0 Å². The number of ether oxygens (including phenoxy) is 1. The molecule has 1 aromatic carbocycles. The van der Waals surface area contributed by atoms with Crippen LogP contribution in [0, 0.1) is 0 Å². The van der Waals surface area contributed by atoms with Gasteiger partial charge in [0, 0.05) is 0 Å². The number of hydrogen-bond acceptors (Lipinski definition) is 3. The molecule has 5 nitrogen and oxygen atoms in total. The van der Waals surface area contributed by atoms with Crippen LogP contribution in [0.1, 0.15) is 25.3 Å². The molecule has 0 heterocycles. The Hall–Kier alpha value is -2.04. The Morgan fingerprint density at radius 2 is 1.53 bits per heavy atom. The highest BCUT2D eigenvalue weighted by Crippen LogP contribution is 2.19. The number of benzene rings is 1. The minimum Gasteiger partial charge on any atom is -0.478 e. The zero-order chi connectivity index (χ0) is 13.0. The maximum Gasteiger partial charge on any atom is 0.356 e. The van der Waals surface area contributed by atoms with Crippen LogP contribution in [0.3, 0.4) is 0 Å². The van der Waals surface area contributed by atoms with Crippen molar-refractivity contribution in [3.63, 3.8) is 0 Å². The number of carboxylic acid groups (broad SMARTS) is 2. The molecule has 0 aliphatic heterocycles. The molecule has 0 aliphatic carbocycles. The van der Waals surface area contributed by atoms with Gasteiger partial charge in [0.1, 0.15) is 5.75 Å². The summed E-state index contributed by atoms with van der Waals surface area (Å²) in [4.78, 5) is 21.2. The molecule has 0 spiro atoms. The summed E-state index contributed by atoms with van der Waals surface area (Å²) < 4.78 is 4.87. The van der Waals surface area contributed by atoms with Gasteiger partial charge in [-0.25, -0.2) is 9.59 Å². The van der Waals surface area contributed by atoms with Gasteiger partial charge < -0.3 is 14.9 Å². The standard InChI is InChI=1S/C12H14O5/c1-7(2)8-3-5-9(6-4-8)17-10(11(13)14)12(15)16/h3-7,10H,1-2H3,(H,13,14)(H,15,16). The summed E-state index contributed by atoms with van der Waals surface area (Å²) in [6.07, 6.45) is -1.88. The number of carboxylic acids is 2. The van der Waals surface area contributed by atoms with Crippen LogP contribution in [0.4, 0.5) is 0 Å². The largest absolute Gasteiger partial charge is 0.478 e. The van der Waals surface area contributed by atoms with Gasteiger partial charge >= 0.3 is 11.9 Å². The van der Waals surface area contributed by atoms with E-state index >= 15 is 0 Å². The first kappa shape index (κ1) is 13.0. The first-order valence-electron chi connectivity index (χ1n) is 5.14. The van der Waals surface area contributed by atoms with Crippen molar-refractivity contribution in [1.29, 1.82) is 0 Å². The molecule has 1 aromatic rings. The van der Waals surface area contributed by atoms with Crippen LogP contribution in [-0.2, 0) is 9.59 Å². The van der Waals surface area contributed by atoms with E-state index in [0.29, 0.717) is 5.92 Å². The van der Waals surface area contributed by atoms with Crippen molar-refractivity contribution >= 4 is 11.9 Å². The topological polar surface area (TPSA) is 83.8 Å². The summed E-state index contributed by atoms with van der Waals surface area (Å²) in [6, 6.07) is 6.68. The van der Waals surface area contributed by atoms with Crippen LogP contribution < -0.4 is 4.74 Å². The van der Waals surface area contributed by atoms with E-state index in [2.05, 4.69) is 0 Å². The predicted octanol–water partition coefficient (Wildman–Crippen LogP) is 1.73. The summed E-state index contributed by atoms with van der Waals surface area (Å²) in [7, 11) is 0. The first-order valence-corrected chi connectivity index (χ1v) is 5.14. The fourth-order valence-electron chi connectivity index (χ4n) is 1.27. The van der Waals surface area contributed by atoms with Crippen LogP contribution >= 0.6 is 0 Å². The molecule has 5 heteroatoms. The number of carbonyl (C=O) groups is 2. The molecular formula is C12H14O5. The van der Waals surface area contributed by atoms with Crippen molar-refractivity contribution < 1.29 is 24.5 Å². The first-order chi connectivity index (χ1) is 7.91. The van der Waals surface area contributed by atoms with Crippen molar-refractivity contribution in [2.75, 3.05) is 0 Å². The van der Waals surface area contributed by atoms with Crippen molar-refractivity contribution in [2.24, 2.45) is 0 Å². The lowest BCUT2D eigenvalue weighted by Crippen LogP contribution is -2.35. The van der Waals surface area contributed by atoms with E-state index in [4.69, 9.17) is 14.9 Å². The molecule has 0 saturated heterocycles. The highest BCUT2D eigenvalue weighted by atomic mass is 16.5. The van der Waals surface area contributed by atoms with E-state index in [1.165, 1.54) is 0 Å². The second-order valence-corrected chi connectivity index (χ2v) is 3.90. The van der Waals surface area contributed by atoms with Gasteiger partial charge in [0.15, 0.2) is 0 Å². The quantitative estimate of drug-likeness (QED) is 0.763. The molecule has 0 fully saturated rings. The van der Waals surface area contributed by atoms with Gasteiger partial charge in [-0.2, -0.15) is 0 Å². The van der Waals surface area contributed by atoms with Gasteiger partial charge in [-0.15, -0.1) is 0 Å². The smallest absolute Gasteiger partial charge is 0.356 e. The molecule has 0 amide bonds. The maximum atomic E-state index is 10.6. The van der Waals surface area contributed by atoms with Crippen LogP contribution in [0.2, 0.25) is 0 Å². The molecule has 17 heavy (non-hydrogen) atoms. The second-order valence-electron chi connectivity index (χ2n) is 3.90. The van der Waals surface area contributed by atoms with E-state index in [1.54, 1.807) is 24.3 Å². The third-order valence-electron chi connectivity index (χ3n) is 2.25. The predicted molar refractivity (Wildman–Crippen MR) is 60.2 cm³/mol. The minimum atomic E-state index is -1.88. The number of hydrogen-bond donors (Lipinski definition) is 2. The monoisotopic (exact) mass is 238 g/mol. The highest BCUT2D eigenvalue weighted by Gasteiger charge is 2.27. The van der Waals surface area contributed by atoms with E-state index in [0.717, 1.165) is 5.56 Å². The summed E-state index contributed by atoms with van der Waals surface area (Å²) in [5.74, 6) is -2.47. The van der Waals surface area contributed by atoms with E-state index in [1.807, 2.05) is 13.8 Å². The van der Waals surface area contributed by atoms with Gasteiger partial charge in [-0.3, -0.25) is 0 Å². The Kier molecular flexibility index (Phi) is 4.09. The SMILES string of the molecule is CC(C)c1ccc(OC(C(=O)O)C(=O)O)cc1. The molecule has 0 saturated carbocycles. The molecule has 1 rings (SSSR count). The molecule has 0 aliphatic rings. The van der Waals surface area contributed by atoms with Crippen LogP contribution in [-0.4, -0.2) is 28.3 Å². The maximum absolute atomic E-state index is 10.6. The molecule has 2 N–H and O–H groups in total. The van der Waals surface area contributed by atoms with Crippen LogP contribution in [0.15, 0.2) is 24.3 Å². The molecule has 0 bridgehead atoms. The van der Waals surface area contributed by atoms with E-state index < -0.39 is 18.0 Å². The summed E-state index contributed by atoms with van der Waals surface area (Å²) in [6.45, 7) is 4.04. The highest BCUT2D eigenvalue weighted by molar-refractivity contribution is 5.96. The van der Waals surface area contributed by atoms with Gasteiger partial charge in [-0.05, 0) is 23.6 Å². The minimum absolute atomic E-state index is 0.226. The molecular weight excluding hydrogens is 224 g/mol. The summed E-state index contributed by atoms with van der Waals surface area (Å²) in [5, 5.41) is 17.3. The molecule has 0 unspecified atom stereocenters. The van der Waals surface area contributed by atoms with Crippen molar-refractivity contribution in [1.82, 2.24) is 0 Å². The Morgan fingerprint density at radius 3 is 1.88 bits per heavy atom. The van der Waals surface area contributed by atoms with Gasteiger partial charge in [-0.1, -0.05) is 26.0 Å². The zero-order valence-electron chi connectivity index (χ0n) is 9.58. The van der Waals surface area contributed by atoms with Gasteiger partial charge in [0.25, 0.3) is 6.10 Å². The van der Waals surface area contributed by atoms with Crippen molar-refractivity contribution in [3.05, 3.63) is 29.8 Å². The lowest BCUT2D eigenvalue weighted by Gasteiger charge is -2.12. The lowest BCUT2D eigenvalue weighted by atomic mass is 10.0. The fourth-order valence-corrected chi connectivity index (χ4v) is 1.27. The normalized spacial score (nSPS) is 10.6. The Labute approximate surface area is 98.6 Å². The molecule has 0 atom stereocenters. The van der Waals surface area contributed by atoms with E-state index in [-0.39, 0.29) is 5.75 Å². The molecule has 0 aromatic heterocycles. The third-order valence-corrected chi connectivity index (χ3v) is 2.25. The summed E-state index contributed by atoms with van der Waals surface area (Å²) in [5.41, 5.74) is 1.07. The average molecular weight is 238 g/mol. The Morgan fingerprint density at radius 1 is 1.06 bits per heavy atom. The van der Waals surface area contributed by atoms with Crippen molar-refractivity contribution in [3.8, 4) is 5.75 Å². The second kappa shape index (κ2) is 5.34. The van der Waals surface area contributed by atoms with Gasteiger partial charge in [0.2, 0.25) is 0 Å². The molecule has 92 valence electrons. The number of rotatable bonds is 5. The average Bonchev–Trinajstić information content (AvgIpc) is 2.25. The Bertz CT molecular complexity index is 393. The zero-order valence-corrected chi connectivity index (χ0v) is 9.58. The number of aliphatic carboxylic acids is 2. The molecule has 0 radical (unpaired) electrons.